The number of aliphatic imine (C=N–C) groups is 1. The van der Waals surface area contributed by atoms with E-state index in [0.717, 1.165) is 48.4 Å². The summed E-state index contributed by atoms with van der Waals surface area (Å²) in [5.41, 5.74) is 1.10. The quantitative estimate of drug-likeness (QED) is 0.513. The summed E-state index contributed by atoms with van der Waals surface area (Å²) >= 11 is 0. The third-order valence-corrected chi connectivity index (χ3v) is 5.09. The predicted molar refractivity (Wildman–Crippen MR) is 121 cm³/mol. The van der Waals surface area contributed by atoms with Crippen LogP contribution in [0.2, 0.25) is 0 Å². The summed E-state index contributed by atoms with van der Waals surface area (Å²) < 4.78 is 16.7. The van der Waals surface area contributed by atoms with Gasteiger partial charge in [0, 0.05) is 50.1 Å². The highest BCUT2D eigenvalue weighted by molar-refractivity contribution is 5.80. The Labute approximate surface area is 179 Å². The highest BCUT2D eigenvalue weighted by Crippen LogP contribution is 2.30. The van der Waals surface area contributed by atoms with Crippen LogP contribution < -0.4 is 29.7 Å². The summed E-state index contributed by atoms with van der Waals surface area (Å²) in [5, 5.41) is 6.88. The van der Waals surface area contributed by atoms with Gasteiger partial charge >= 0.3 is 0 Å². The van der Waals surface area contributed by atoms with Crippen molar-refractivity contribution in [1.82, 2.24) is 10.6 Å². The Morgan fingerprint density at radius 2 is 1.80 bits per heavy atom. The van der Waals surface area contributed by atoms with Crippen LogP contribution in [0.1, 0.15) is 13.3 Å². The van der Waals surface area contributed by atoms with E-state index >= 15 is 0 Å². The number of rotatable bonds is 8. The first kappa shape index (κ1) is 21.6. The Hall–Kier alpha value is -3.09. The van der Waals surface area contributed by atoms with Gasteiger partial charge in [0.2, 0.25) is 0 Å². The minimum Gasteiger partial charge on any atom is -0.497 e. The van der Waals surface area contributed by atoms with Gasteiger partial charge in [0.1, 0.15) is 23.4 Å². The van der Waals surface area contributed by atoms with E-state index in [2.05, 4.69) is 20.5 Å². The van der Waals surface area contributed by atoms with Crippen LogP contribution in [-0.4, -0.2) is 59.0 Å². The van der Waals surface area contributed by atoms with E-state index < -0.39 is 0 Å². The van der Waals surface area contributed by atoms with Crippen LogP contribution in [0, 0.1) is 0 Å². The first-order chi connectivity index (χ1) is 14.6. The topological polar surface area (TPSA) is 67.4 Å². The summed E-state index contributed by atoms with van der Waals surface area (Å²) in [6.07, 6.45) is 1.05. The third kappa shape index (κ3) is 5.95. The van der Waals surface area contributed by atoms with Crippen molar-refractivity contribution >= 4 is 11.6 Å². The molecule has 30 heavy (non-hydrogen) atoms. The van der Waals surface area contributed by atoms with E-state index in [1.165, 1.54) is 0 Å². The zero-order valence-corrected chi connectivity index (χ0v) is 18.2. The van der Waals surface area contributed by atoms with Crippen LogP contribution in [0.25, 0.3) is 0 Å². The summed E-state index contributed by atoms with van der Waals surface area (Å²) in [4.78, 5) is 6.69. The molecule has 0 amide bonds. The van der Waals surface area contributed by atoms with Gasteiger partial charge in [-0.15, -0.1) is 0 Å². The second kappa shape index (κ2) is 10.6. The van der Waals surface area contributed by atoms with Gasteiger partial charge in [-0.2, -0.15) is 0 Å². The number of guanidine groups is 1. The molecule has 1 fully saturated rings. The SMILES string of the molecule is CN=C(NCC(C)Oc1ccccc1)NC1CCN(c2cc(OC)cc(OC)c2)C1. The van der Waals surface area contributed by atoms with Gasteiger partial charge in [-0.05, 0) is 25.5 Å². The van der Waals surface area contributed by atoms with Gasteiger partial charge < -0.3 is 29.7 Å². The minimum atomic E-state index is 0.0234. The Morgan fingerprint density at radius 1 is 1.10 bits per heavy atom. The lowest BCUT2D eigenvalue weighted by Crippen LogP contribution is -2.47. The van der Waals surface area contributed by atoms with Gasteiger partial charge in [-0.25, -0.2) is 0 Å². The fourth-order valence-corrected chi connectivity index (χ4v) is 3.49. The normalized spacial score (nSPS) is 17.4. The Balaban J connectivity index is 1.50. The van der Waals surface area contributed by atoms with Crippen LogP contribution in [0.4, 0.5) is 5.69 Å². The lowest BCUT2D eigenvalue weighted by atomic mass is 10.2. The molecular weight excluding hydrogens is 380 g/mol. The fraction of sp³-hybridized carbons (Fsp3) is 0.435. The fourth-order valence-electron chi connectivity index (χ4n) is 3.49. The van der Waals surface area contributed by atoms with Gasteiger partial charge in [-0.1, -0.05) is 18.2 Å². The molecular formula is C23H32N4O3. The molecule has 2 unspecified atom stereocenters. The Kier molecular flexibility index (Phi) is 7.65. The summed E-state index contributed by atoms with van der Waals surface area (Å²) in [5.74, 6) is 3.25. The average Bonchev–Trinajstić information content (AvgIpc) is 3.25. The lowest BCUT2D eigenvalue weighted by Gasteiger charge is -2.22. The smallest absolute Gasteiger partial charge is 0.191 e. The van der Waals surface area contributed by atoms with Crippen molar-refractivity contribution < 1.29 is 14.2 Å². The van der Waals surface area contributed by atoms with Gasteiger partial charge in [0.15, 0.2) is 5.96 Å². The Bertz CT molecular complexity index is 806. The second-order valence-electron chi connectivity index (χ2n) is 7.34. The van der Waals surface area contributed by atoms with Gasteiger partial charge in [0.25, 0.3) is 0 Å². The maximum atomic E-state index is 5.92. The largest absolute Gasteiger partial charge is 0.497 e. The number of anilines is 1. The van der Waals surface area contributed by atoms with E-state index in [-0.39, 0.29) is 6.10 Å². The molecule has 0 saturated carbocycles. The standard InChI is InChI=1S/C23H32N4O3/c1-17(30-20-8-6-5-7-9-20)15-25-23(24-2)26-18-10-11-27(16-18)19-12-21(28-3)14-22(13-19)29-4/h5-9,12-14,17-18H,10-11,15-16H2,1-4H3,(H2,24,25,26). The van der Waals surface area contributed by atoms with Gasteiger partial charge in [0.05, 0.1) is 20.8 Å². The van der Waals surface area contributed by atoms with Crippen molar-refractivity contribution in [2.24, 2.45) is 4.99 Å². The molecule has 0 spiro atoms. The summed E-state index contributed by atoms with van der Waals surface area (Å²) in [6.45, 7) is 4.55. The molecule has 2 N–H and O–H groups in total. The van der Waals surface area contributed by atoms with E-state index in [9.17, 15) is 0 Å². The van der Waals surface area contributed by atoms with E-state index in [0.29, 0.717) is 12.6 Å². The van der Waals surface area contributed by atoms with Crippen molar-refractivity contribution in [2.75, 3.05) is 45.8 Å². The van der Waals surface area contributed by atoms with Crippen molar-refractivity contribution in [3.8, 4) is 17.2 Å². The molecule has 0 radical (unpaired) electrons. The summed E-state index contributed by atoms with van der Waals surface area (Å²) in [7, 11) is 5.13. The highest BCUT2D eigenvalue weighted by atomic mass is 16.5. The molecule has 0 aliphatic carbocycles. The van der Waals surface area contributed by atoms with Crippen molar-refractivity contribution in [3.05, 3.63) is 48.5 Å². The minimum absolute atomic E-state index is 0.0234. The highest BCUT2D eigenvalue weighted by Gasteiger charge is 2.24. The summed E-state index contributed by atoms with van der Waals surface area (Å²) in [6, 6.07) is 16.1. The van der Waals surface area contributed by atoms with Gasteiger partial charge in [-0.3, -0.25) is 4.99 Å². The number of nitrogens with one attached hydrogen (secondary N) is 2. The van der Waals surface area contributed by atoms with Crippen LogP contribution >= 0.6 is 0 Å². The van der Waals surface area contributed by atoms with E-state index in [1.807, 2.05) is 55.5 Å². The van der Waals surface area contributed by atoms with E-state index in [4.69, 9.17) is 14.2 Å². The van der Waals surface area contributed by atoms with Crippen LogP contribution in [-0.2, 0) is 0 Å². The molecule has 1 heterocycles. The first-order valence-corrected chi connectivity index (χ1v) is 10.3. The first-order valence-electron chi connectivity index (χ1n) is 10.3. The molecule has 7 nitrogen and oxygen atoms in total. The van der Waals surface area contributed by atoms with Crippen LogP contribution in [0.15, 0.2) is 53.5 Å². The molecule has 1 aliphatic rings. The number of nitrogens with zero attached hydrogens (tertiary/aromatic N) is 2. The van der Waals surface area contributed by atoms with E-state index in [1.54, 1.807) is 21.3 Å². The molecule has 2 atom stereocenters. The third-order valence-electron chi connectivity index (χ3n) is 5.09. The predicted octanol–water partition coefficient (Wildman–Crippen LogP) is 2.92. The van der Waals surface area contributed by atoms with Crippen molar-refractivity contribution in [2.45, 2.75) is 25.5 Å². The molecule has 2 aromatic carbocycles. The Morgan fingerprint density at radius 3 is 2.43 bits per heavy atom. The average molecular weight is 413 g/mol. The van der Waals surface area contributed by atoms with Crippen LogP contribution in [0.3, 0.4) is 0 Å². The molecule has 0 bridgehead atoms. The number of benzene rings is 2. The maximum Gasteiger partial charge on any atom is 0.191 e. The monoisotopic (exact) mass is 412 g/mol. The number of hydrogen-bond acceptors (Lipinski definition) is 5. The van der Waals surface area contributed by atoms with Crippen molar-refractivity contribution in [3.63, 3.8) is 0 Å². The lowest BCUT2D eigenvalue weighted by molar-refractivity contribution is 0.223. The molecule has 7 heteroatoms. The van der Waals surface area contributed by atoms with Crippen LogP contribution in [0.5, 0.6) is 17.2 Å². The zero-order valence-electron chi connectivity index (χ0n) is 18.2. The molecule has 3 rings (SSSR count). The molecule has 0 aromatic heterocycles. The maximum absolute atomic E-state index is 5.92. The number of ether oxygens (including phenoxy) is 3. The number of methoxy groups -OCH3 is 2. The zero-order chi connectivity index (χ0) is 21.3. The number of para-hydroxylation sites is 1. The second-order valence-corrected chi connectivity index (χ2v) is 7.34. The molecule has 162 valence electrons. The van der Waals surface area contributed by atoms with Crippen molar-refractivity contribution in [1.29, 1.82) is 0 Å². The number of hydrogen-bond donors (Lipinski definition) is 2. The molecule has 1 aliphatic heterocycles. The molecule has 2 aromatic rings. The molecule has 1 saturated heterocycles.